The fourth-order valence-electron chi connectivity index (χ4n) is 1.62. The maximum Gasteiger partial charge on any atom is 0.134 e. The lowest BCUT2D eigenvalue weighted by atomic mass is 10.0. The zero-order valence-corrected chi connectivity index (χ0v) is 8.82. The van der Waals surface area contributed by atoms with Crippen molar-refractivity contribution in [2.75, 3.05) is 0 Å². The van der Waals surface area contributed by atoms with E-state index in [9.17, 15) is 17.6 Å². The van der Waals surface area contributed by atoms with Gasteiger partial charge in [-0.2, -0.15) is 0 Å². The number of rotatable bonds is 1. The molecule has 0 nitrogen and oxygen atoms in total. The topological polar surface area (TPSA) is 0 Å². The summed E-state index contributed by atoms with van der Waals surface area (Å²) in [5, 5.41) is 0. The summed E-state index contributed by atoms with van der Waals surface area (Å²) in [5.41, 5.74) is -1.06. The summed E-state index contributed by atoms with van der Waals surface area (Å²) < 4.78 is 53.9. The first-order chi connectivity index (χ1) is 8.00. The van der Waals surface area contributed by atoms with Gasteiger partial charge in [-0.3, -0.25) is 0 Å². The van der Waals surface area contributed by atoms with Crippen molar-refractivity contribution in [2.24, 2.45) is 0 Å². The van der Waals surface area contributed by atoms with Crippen LogP contribution in [0.25, 0.3) is 11.1 Å². The minimum absolute atomic E-state index is 0.340. The van der Waals surface area contributed by atoms with E-state index in [1.807, 2.05) is 0 Å². The molecule has 2 rings (SSSR count). The van der Waals surface area contributed by atoms with Crippen molar-refractivity contribution in [3.8, 4) is 11.1 Å². The second-order valence-corrected chi connectivity index (χ2v) is 3.63. The minimum Gasteiger partial charge on any atom is -0.206 e. The second-order valence-electron chi connectivity index (χ2n) is 3.63. The second kappa shape index (κ2) is 4.20. The first kappa shape index (κ1) is 11.6. The molecule has 0 atom stereocenters. The Hall–Kier alpha value is -1.84. The fourth-order valence-corrected chi connectivity index (χ4v) is 1.62. The van der Waals surface area contributed by atoms with Crippen LogP contribution in [0.5, 0.6) is 0 Å². The Morgan fingerprint density at radius 2 is 1.18 bits per heavy atom. The highest BCUT2D eigenvalue weighted by molar-refractivity contribution is 5.66. The predicted octanol–water partition coefficient (Wildman–Crippen LogP) is 4.02. The number of aryl methyl sites for hydroxylation is 1. The molecule has 17 heavy (non-hydrogen) atoms. The van der Waals surface area contributed by atoms with Gasteiger partial charge in [-0.05, 0) is 42.8 Å². The molecule has 0 N–H and O–H groups in total. The van der Waals surface area contributed by atoms with E-state index in [-0.39, 0.29) is 0 Å². The molecule has 0 amide bonds. The highest BCUT2D eigenvalue weighted by atomic mass is 19.1. The number of benzene rings is 2. The van der Waals surface area contributed by atoms with E-state index in [0.717, 1.165) is 24.3 Å². The summed E-state index contributed by atoms with van der Waals surface area (Å²) in [7, 11) is 0. The van der Waals surface area contributed by atoms with Gasteiger partial charge in [-0.1, -0.05) is 0 Å². The molecule has 1 radical (unpaired) electrons. The third kappa shape index (κ3) is 2.02. The Kier molecular flexibility index (Phi) is 2.88. The van der Waals surface area contributed by atoms with Gasteiger partial charge in [0.25, 0.3) is 0 Å². The normalized spacial score (nSPS) is 10.6. The maximum atomic E-state index is 13.6. The van der Waals surface area contributed by atoms with E-state index in [1.165, 1.54) is 6.92 Å². The zero-order chi connectivity index (χ0) is 12.6. The van der Waals surface area contributed by atoms with Crippen LogP contribution in [-0.4, -0.2) is 0 Å². The van der Waals surface area contributed by atoms with Crippen LogP contribution in [0, 0.1) is 36.3 Å². The molecule has 0 aliphatic carbocycles. The van der Waals surface area contributed by atoms with Crippen molar-refractivity contribution in [2.45, 2.75) is 6.92 Å². The molecule has 0 aromatic heterocycles. The van der Waals surface area contributed by atoms with Crippen LogP contribution in [-0.2, 0) is 0 Å². The van der Waals surface area contributed by atoms with Crippen molar-refractivity contribution < 1.29 is 17.6 Å². The summed E-state index contributed by atoms with van der Waals surface area (Å²) in [6, 6.07) is 5.90. The first-order valence-electron chi connectivity index (χ1n) is 4.82. The lowest BCUT2D eigenvalue weighted by Gasteiger charge is -2.08. The van der Waals surface area contributed by atoms with Crippen LogP contribution in [0.1, 0.15) is 5.56 Å². The van der Waals surface area contributed by atoms with Crippen molar-refractivity contribution in [1.82, 2.24) is 0 Å². The number of hydrogen-bond donors (Lipinski definition) is 0. The first-order valence-corrected chi connectivity index (χ1v) is 4.82. The van der Waals surface area contributed by atoms with Gasteiger partial charge in [-0.25, -0.2) is 17.6 Å². The summed E-state index contributed by atoms with van der Waals surface area (Å²) >= 11 is 0. The van der Waals surface area contributed by atoms with Crippen LogP contribution in [0.15, 0.2) is 24.3 Å². The van der Waals surface area contributed by atoms with Gasteiger partial charge >= 0.3 is 0 Å². The smallest absolute Gasteiger partial charge is 0.134 e. The average molecular weight is 239 g/mol. The van der Waals surface area contributed by atoms with Gasteiger partial charge in [0.2, 0.25) is 0 Å². The van der Waals surface area contributed by atoms with E-state index in [1.54, 1.807) is 0 Å². The van der Waals surface area contributed by atoms with Gasteiger partial charge in [0.15, 0.2) is 0 Å². The van der Waals surface area contributed by atoms with Crippen LogP contribution in [0.2, 0.25) is 0 Å². The summed E-state index contributed by atoms with van der Waals surface area (Å²) in [5.74, 6) is -4.09. The van der Waals surface area contributed by atoms with E-state index in [4.69, 9.17) is 0 Å². The minimum atomic E-state index is -1.05. The Morgan fingerprint density at radius 3 is 1.65 bits per heavy atom. The molecule has 0 heterocycles. The molecule has 87 valence electrons. The van der Waals surface area contributed by atoms with Gasteiger partial charge < -0.3 is 0 Å². The quantitative estimate of drug-likeness (QED) is 0.659. The molecule has 0 spiro atoms. The number of halogens is 4. The lowest BCUT2D eigenvalue weighted by molar-refractivity contribution is 0.562. The lowest BCUT2D eigenvalue weighted by Crippen LogP contribution is -1.97. The molecular weight excluding hydrogens is 232 g/mol. The molecule has 0 aliphatic rings. The molecule has 0 unspecified atom stereocenters. The zero-order valence-electron chi connectivity index (χ0n) is 8.82. The summed E-state index contributed by atoms with van der Waals surface area (Å²) in [6.45, 7) is 1.49. The SMILES string of the molecule is Cc1cc(F)c(-c2c(F)c[c]cc2F)c(F)c1. The Balaban J connectivity index is 2.77. The van der Waals surface area contributed by atoms with Gasteiger partial charge in [0, 0.05) is 0 Å². The van der Waals surface area contributed by atoms with Crippen molar-refractivity contribution in [3.63, 3.8) is 0 Å². The van der Waals surface area contributed by atoms with E-state index in [0.29, 0.717) is 5.56 Å². The summed E-state index contributed by atoms with van der Waals surface area (Å²) in [6.07, 6.45) is 0. The van der Waals surface area contributed by atoms with Crippen LogP contribution < -0.4 is 0 Å². The largest absolute Gasteiger partial charge is 0.206 e. The Morgan fingerprint density at radius 1 is 0.765 bits per heavy atom. The van der Waals surface area contributed by atoms with Crippen molar-refractivity contribution in [1.29, 1.82) is 0 Å². The molecule has 0 bridgehead atoms. The highest BCUT2D eigenvalue weighted by Crippen LogP contribution is 2.31. The van der Waals surface area contributed by atoms with E-state index >= 15 is 0 Å². The van der Waals surface area contributed by atoms with E-state index < -0.39 is 34.4 Å². The number of hydrogen-bond acceptors (Lipinski definition) is 0. The van der Waals surface area contributed by atoms with Crippen LogP contribution in [0.4, 0.5) is 17.6 Å². The average Bonchev–Trinajstić information content (AvgIpc) is 2.21. The maximum absolute atomic E-state index is 13.6. The van der Waals surface area contributed by atoms with Gasteiger partial charge in [0.1, 0.15) is 23.3 Å². The highest BCUT2D eigenvalue weighted by Gasteiger charge is 2.19. The summed E-state index contributed by atoms with van der Waals surface area (Å²) in [4.78, 5) is 0. The predicted molar refractivity (Wildman–Crippen MR) is 55.3 cm³/mol. The Labute approximate surface area is 95.5 Å². The molecule has 2 aromatic rings. The third-order valence-corrected chi connectivity index (χ3v) is 2.33. The van der Waals surface area contributed by atoms with E-state index in [2.05, 4.69) is 6.07 Å². The van der Waals surface area contributed by atoms with Crippen LogP contribution >= 0.6 is 0 Å². The molecular formula is C13H7F4. The molecule has 0 aliphatic heterocycles. The van der Waals surface area contributed by atoms with Gasteiger partial charge in [-0.15, -0.1) is 0 Å². The van der Waals surface area contributed by atoms with Crippen molar-refractivity contribution in [3.05, 3.63) is 59.2 Å². The van der Waals surface area contributed by atoms with Gasteiger partial charge in [0.05, 0.1) is 11.1 Å². The third-order valence-electron chi connectivity index (χ3n) is 2.33. The monoisotopic (exact) mass is 239 g/mol. The Bertz CT molecular complexity index is 532. The van der Waals surface area contributed by atoms with Crippen molar-refractivity contribution >= 4 is 0 Å². The molecule has 0 fully saturated rings. The van der Waals surface area contributed by atoms with Crippen LogP contribution in [0.3, 0.4) is 0 Å². The molecule has 2 aromatic carbocycles. The molecule has 4 heteroatoms. The molecule has 0 saturated heterocycles. The standard InChI is InChI=1S/C13H7F4/c1-7-5-10(16)13(11(17)6-7)12-8(14)3-2-4-9(12)15/h3-6H,1H3. The molecule has 0 saturated carbocycles. The fraction of sp³-hybridized carbons (Fsp3) is 0.0769.